The molecular formula is CH6CuN3O4S. The van der Waals surface area contributed by atoms with Gasteiger partial charge in [0.1, 0.15) is 0 Å². The van der Waals surface area contributed by atoms with E-state index in [9.17, 15) is 0 Å². The van der Waals surface area contributed by atoms with Crippen LogP contribution in [0.25, 0.3) is 0 Å². The van der Waals surface area contributed by atoms with Gasteiger partial charge < -0.3 is 9.11 Å². The van der Waals surface area contributed by atoms with Gasteiger partial charge in [0.25, 0.3) is 0 Å². The largest absolute Gasteiger partial charge is 1.00 e. The number of rotatable bonds is 0. The minimum Gasteiger partial charge on any atom is -0.759 e. The molecule has 10 heavy (non-hydrogen) atoms. The van der Waals surface area contributed by atoms with Gasteiger partial charge >= 0.3 is 23.0 Å². The number of hydrogen-bond acceptors (Lipinski definition) is 4. The predicted molar refractivity (Wildman–Crippen MR) is 25.8 cm³/mol. The normalized spacial score (nSPS) is 8.20. The van der Waals surface area contributed by atoms with Crippen molar-refractivity contribution in [1.29, 1.82) is 0 Å². The monoisotopic (exact) mass is 219 g/mol. The first-order valence-electron chi connectivity index (χ1n) is 1.53. The van der Waals surface area contributed by atoms with E-state index in [4.69, 9.17) is 17.5 Å². The molecule has 0 heterocycles. The second-order valence-electron chi connectivity index (χ2n) is 0.908. The summed E-state index contributed by atoms with van der Waals surface area (Å²) >= 11 is 0. The third-order valence-corrected chi connectivity index (χ3v) is 0. The predicted octanol–water partition coefficient (Wildman–Crippen LogP) is -4.32. The van der Waals surface area contributed by atoms with Crippen LogP contribution in [-0.4, -0.2) is 23.5 Å². The molecule has 0 aliphatic rings. The third kappa shape index (κ3) is 2930. The van der Waals surface area contributed by atoms with E-state index in [1.54, 1.807) is 0 Å². The minimum atomic E-state index is -5.17. The van der Waals surface area contributed by atoms with Crippen LogP contribution in [-0.2, 0) is 27.5 Å². The number of guanidine groups is 1. The van der Waals surface area contributed by atoms with Gasteiger partial charge in [-0.25, -0.2) is 0 Å². The van der Waals surface area contributed by atoms with Gasteiger partial charge in [-0.1, -0.05) is 0 Å². The Hall–Kier alpha value is -0.341. The summed E-state index contributed by atoms with van der Waals surface area (Å²) in [6.45, 7) is 0. The van der Waals surface area contributed by atoms with E-state index in [0.29, 0.717) is 0 Å². The molecule has 0 unspecified atom stereocenters. The van der Waals surface area contributed by atoms with E-state index in [-0.39, 0.29) is 23.0 Å². The molecule has 0 aromatic rings. The van der Waals surface area contributed by atoms with Gasteiger partial charge in [0.15, 0.2) is 0 Å². The summed E-state index contributed by atoms with van der Waals surface area (Å²) in [6.07, 6.45) is 0. The Morgan fingerprint density at radius 3 is 1.30 bits per heavy atom. The fraction of sp³-hybridized carbons (Fsp3) is 0. The van der Waals surface area contributed by atoms with Gasteiger partial charge in [-0.15, -0.1) is 0 Å². The van der Waals surface area contributed by atoms with Gasteiger partial charge in [-0.2, -0.15) is 0 Å². The molecule has 9 heteroatoms. The van der Waals surface area contributed by atoms with Crippen molar-refractivity contribution in [2.24, 2.45) is 11.5 Å². The van der Waals surface area contributed by atoms with E-state index in [0.717, 1.165) is 0 Å². The van der Waals surface area contributed by atoms with Crippen molar-refractivity contribution >= 4 is 16.4 Å². The smallest absolute Gasteiger partial charge is 0.759 e. The molecular weight excluding hydrogens is 214 g/mol. The molecule has 66 valence electrons. The van der Waals surface area contributed by atoms with E-state index >= 15 is 0 Å². The van der Waals surface area contributed by atoms with E-state index in [1.807, 2.05) is 0 Å². The Morgan fingerprint density at radius 2 is 1.30 bits per heavy atom. The van der Waals surface area contributed by atoms with Crippen LogP contribution in [0.3, 0.4) is 0 Å². The molecule has 0 atom stereocenters. The molecule has 0 aromatic carbocycles. The van der Waals surface area contributed by atoms with E-state index in [1.165, 1.54) is 0 Å². The van der Waals surface area contributed by atoms with Crippen LogP contribution in [0.15, 0.2) is 0 Å². The Morgan fingerprint density at radius 1 is 1.30 bits per heavy atom. The number of nitrogens with two attached hydrogens (primary N) is 3. The molecule has 0 fully saturated rings. The van der Waals surface area contributed by atoms with Crippen molar-refractivity contribution in [2.75, 3.05) is 0 Å². The molecule has 0 radical (unpaired) electrons. The summed E-state index contributed by atoms with van der Waals surface area (Å²) < 4.78 is 34.1. The molecule has 0 aliphatic carbocycles. The number of hydrogen-bond donors (Lipinski definition) is 3. The molecule has 0 aliphatic heterocycles. The van der Waals surface area contributed by atoms with Crippen molar-refractivity contribution in [3.63, 3.8) is 0 Å². The second kappa shape index (κ2) is 6.77. The zero-order valence-corrected chi connectivity index (χ0v) is 6.33. The standard InChI is InChI=1S/CH5N3.Cu.H2O4S/c2-1(3)4;;1-5(2,3)4/h(H5,2,3,4);;(H2,1,2,3,4)/q;+1;/p-1. The van der Waals surface area contributed by atoms with Crippen molar-refractivity contribution < 1.29 is 40.0 Å². The molecule has 0 saturated heterocycles. The molecule has 0 saturated carbocycles. The van der Waals surface area contributed by atoms with Gasteiger partial charge in [0, 0.05) is 10.4 Å². The van der Waals surface area contributed by atoms with Crippen LogP contribution in [0.1, 0.15) is 0 Å². The maximum atomic E-state index is 8.52. The quantitative estimate of drug-likeness (QED) is 0.123. The van der Waals surface area contributed by atoms with Crippen molar-refractivity contribution in [1.82, 2.24) is 0 Å². The maximum absolute atomic E-state index is 8.52. The van der Waals surface area contributed by atoms with Crippen LogP contribution in [0.2, 0.25) is 0 Å². The van der Waals surface area contributed by atoms with Gasteiger partial charge in [0.2, 0.25) is 0 Å². The summed E-state index contributed by atoms with van der Waals surface area (Å²) in [7, 11) is -5.17. The molecule has 0 rings (SSSR count). The zero-order chi connectivity index (χ0) is 8.08. The topological polar surface area (TPSA) is 158 Å². The zero-order valence-electron chi connectivity index (χ0n) is 4.57. The first kappa shape index (κ1) is 16.3. The second-order valence-corrected chi connectivity index (χ2v) is 1.72. The summed E-state index contributed by atoms with van der Waals surface area (Å²) in [6, 6.07) is 0. The van der Waals surface area contributed by atoms with E-state index in [2.05, 4.69) is 16.9 Å². The molecule has 0 spiro atoms. The fourth-order valence-corrected chi connectivity index (χ4v) is 0. The van der Waals surface area contributed by atoms with Crippen molar-refractivity contribution in [3.05, 3.63) is 0 Å². The van der Waals surface area contributed by atoms with Crippen LogP contribution in [0.5, 0.6) is 0 Å². The first-order valence-corrected chi connectivity index (χ1v) is 2.87. The maximum Gasteiger partial charge on any atom is 1.00 e. The molecule has 0 amide bonds. The van der Waals surface area contributed by atoms with Crippen LogP contribution < -0.4 is 16.9 Å². The van der Waals surface area contributed by atoms with Gasteiger partial charge in [0.05, 0.1) is 0 Å². The molecule has 6 N–H and O–H groups in total. The Bertz CT molecular complexity index is 163. The summed E-state index contributed by atoms with van der Waals surface area (Å²) in [5.41, 5.74) is 9.17. The van der Waals surface area contributed by atoms with Crippen LogP contribution >= 0.6 is 0 Å². The summed E-state index contributed by atoms with van der Waals surface area (Å²) in [5.74, 6) is -0.0833. The van der Waals surface area contributed by atoms with Crippen LogP contribution in [0, 0.1) is 0 Å². The Balaban J connectivity index is -0.0000000910. The summed E-state index contributed by atoms with van der Waals surface area (Å²) in [4.78, 5) is 0. The Kier molecular flexibility index (Phi) is 11.1. The molecule has 0 bridgehead atoms. The molecule has 7 nitrogen and oxygen atoms in total. The van der Waals surface area contributed by atoms with Gasteiger partial charge in [-0.3, -0.25) is 25.3 Å². The third-order valence-electron chi connectivity index (χ3n) is 0. The average Bonchev–Trinajstić information content (AvgIpc) is 1.19. The average molecular weight is 220 g/mol. The van der Waals surface area contributed by atoms with Crippen molar-refractivity contribution in [2.45, 2.75) is 0 Å². The molecule has 0 aromatic heterocycles. The Labute approximate surface area is 68.3 Å². The first-order chi connectivity index (χ1) is 3.73. The van der Waals surface area contributed by atoms with E-state index < -0.39 is 10.4 Å². The van der Waals surface area contributed by atoms with Crippen LogP contribution in [0.4, 0.5) is 0 Å². The van der Waals surface area contributed by atoms with Gasteiger partial charge in [-0.05, 0) is 0 Å². The SMILES string of the molecule is NC(N)=[NH2+].O=S(=O)([O-])[O-].[Cu+]. The summed E-state index contributed by atoms with van der Waals surface area (Å²) in [5, 5.41) is 4.58. The van der Waals surface area contributed by atoms with Crippen molar-refractivity contribution in [3.8, 4) is 0 Å². The minimum absolute atomic E-state index is 0. The fourth-order valence-electron chi connectivity index (χ4n) is 0.